The fourth-order valence-corrected chi connectivity index (χ4v) is 2.81. The largest absolute Gasteiger partial charge is 0.493 e. The van der Waals surface area contributed by atoms with E-state index in [9.17, 15) is 5.11 Å². The number of hydrogen-bond donors (Lipinski definition) is 1. The number of halogens is 1. The van der Waals surface area contributed by atoms with Crippen LogP contribution < -0.4 is 4.74 Å². The summed E-state index contributed by atoms with van der Waals surface area (Å²) >= 11 is 3.47. The van der Waals surface area contributed by atoms with Gasteiger partial charge < -0.3 is 9.84 Å². The predicted octanol–water partition coefficient (Wildman–Crippen LogP) is 4.86. The summed E-state index contributed by atoms with van der Waals surface area (Å²) in [6.45, 7) is 6.61. The molecule has 0 aromatic heterocycles. The van der Waals surface area contributed by atoms with Crippen LogP contribution in [0.5, 0.6) is 5.75 Å². The van der Waals surface area contributed by atoms with Gasteiger partial charge in [-0.15, -0.1) is 0 Å². The third-order valence-electron chi connectivity index (χ3n) is 3.77. The zero-order chi connectivity index (χ0) is 15.5. The lowest BCUT2D eigenvalue weighted by molar-refractivity contribution is 0.0966. The average molecular weight is 349 g/mol. The van der Waals surface area contributed by atoms with Gasteiger partial charge in [-0.25, -0.2) is 0 Å². The van der Waals surface area contributed by atoms with E-state index in [0.29, 0.717) is 6.61 Å². The normalized spacial score (nSPS) is 13.0. The highest BCUT2D eigenvalue weighted by atomic mass is 79.9. The zero-order valence-electron chi connectivity index (χ0n) is 12.6. The molecule has 0 aliphatic rings. The van der Waals surface area contributed by atoms with Crippen molar-refractivity contribution in [1.82, 2.24) is 0 Å². The van der Waals surface area contributed by atoms with E-state index < -0.39 is 11.5 Å². The molecule has 0 amide bonds. The van der Waals surface area contributed by atoms with E-state index in [1.165, 1.54) is 0 Å². The smallest absolute Gasteiger partial charge is 0.125 e. The van der Waals surface area contributed by atoms with Crippen LogP contribution in [0.4, 0.5) is 0 Å². The molecule has 0 saturated carbocycles. The number of benzene rings is 2. The molecule has 0 fully saturated rings. The van der Waals surface area contributed by atoms with Crippen molar-refractivity contribution >= 4 is 15.9 Å². The Balaban J connectivity index is 2.43. The van der Waals surface area contributed by atoms with Gasteiger partial charge in [0.05, 0.1) is 12.7 Å². The van der Waals surface area contributed by atoms with Crippen LogP contribution in [0, 0.1) is 0 Å². The van der Waals surface area contributed by atoms with Gasteiger partial charge in [0.15, 0.2) is 0 Å². The van der Waals surface area contributed by atoms with Gasteiger partial charge in [0.1, 0.15) is 5.75 Å². The lowest BCUT2D eigenvalue weighted by Gasteiger charge is -2.32. The van der Waals surface area contributed by atoms with Gasteiger partial charge >= 0.3 is 0 Å². The maximum absolute atomic E-state index is 10.9. The first-order valence-corrected chi connectivity index (χ1v) is 7.92. The molecule has 0 heterocycles. The fourth-order valence-electron chi connectivity index (χ4n) is 2.43. The van der Waals surface area contributed by atoms with E-state index in [0.717, 1.165) is 21.3 Å². The highest BCUT2D eigenvalue weighted by Gasteiger charge is 2.32. The molecule has 0 saturated heterocycles. The van der Waals surface area contributed by atoms with E-state index in [-0.39, 0.29) is 0 Å². The third-order valence-corrected chi connectivity index (χ3v) is 4.26. The molecule has 21 heavy (non-hydrogen) atoms. The minimum Gasteiger partial charge on any atom is -0.493 e. The molecule has 2 aromatic rings. The maximum atomic E-state index is 10.9. The summed E-state index contributed by atoms with van der Waals surface area (Å²) in [6.07, 6.45) is -0.654. The van der Waals surface area contributed by atoms with Crippen LogP contribution in [0.1, 0.15) is 38.0 Å². The monoisotopic (exact) mass is 348 g/mol. The lowest BCUT2D eigenvalue weighted by Crippen LogP contribution is -2.27. The molecular weight excluding hydrogens is 328 g/mol. The molecule has 0 spiro atoms. The van der Waals surface area contributed by atoms with Crippen molar-refractivity contribution in [2.75, 3.05) is 6.61 Å². The van der Waals surface area contributed by atoms with Gasteiger partial charge in [0, 0.05) is 15.5 Å². The van der Waals surface area contributed by atoms with E-state index in [4.69, 9.17) is 4.74 Å². The first-order chi connectivity index (χ1) is 9.96. The van der Waals surface area contributed by atoms with Crippen LogP contribution >= 0.6 is 15.9 Å². The van der Waals surface area contributed by atoms with E-state index in [2.05, 4.69) is 15.9 Å². The number of aliphatic hydroxyl groups is 1. The number of hydrogen-bond acceptors (Lipinski definition) is 2. The van der Waals surface area contributed by atoms with Gasteiger partial charge in [-0.1, -0.05) is 60.1 Å². The summed E-state index contributed by atoms with van der Waals surface area (Å²) in [5.41, 5.74) is 1.49. The van der Waals surface area contributed by atoms with Crippen molar-refractivity contribution in [3.8, 4) is 5.75 Å². The molecule has 1 unspecified atom stereocenters. The van der Waals surface area contributed by atoms with E-state index in [1.807, 2.05) is 69.3 Å². The molecule has 1 atom stereocenters. The highest BCUT2D eigenvalue weighted by molar-refractivity contribution is 9.10. The molecule has 112 valence electrons. The standard InChI is InChI=1S/C18H21BrO2/c1-4-21-16-11-10-14(19)12-15(16)17(20)18(2,3)13-8-6-5-7-9-13/h5-12,17,20H,4H2,1-3H3. The predicted molar refractivity (Wildman–Crippen MR) is 89.7 cm³/mol. The molecule has 1 N–H and O–H groups in total. The molecule has 2 rings (SSSR count). The Morgan fingerprint density at radius 1 is 1.14 bits per heavy atom. The Labute approximate surface area is 134 Å². The van der Waals surface area contributed by atoms with Crippen LogP contribution in [-0.2, 0) is 5.41 Å². The van der Waals surface area contributed by atoms with E-state index >= 15 is 0 Å². The zero-order valence-corrected chi connectivity index (χ0v) is 14.2. The summed E-state index contributed by atoms with van der Waals surface area (Å²) in [5.74, 6) is 0.734. The van der Waals surface area contributed by atoms with Crippen molar-refractivity contribution in [1.29, 1.82) is 0 Å². The second kappa shape index (κ2) is 6.63. The first kappa shape index (κ1) is 16.1. The van der Waals surface area contributed by atoms with Crippen LogP contribution in [0.15, 0.2) is 53.0 Å². The summed E-state index contributed by atoms with van der Waals surface area (Å²) < 4.78 is 6.60. The van der Waals surface area contributed by atoms with Crippen molar-refractivity contribution in [3.05, 3.63) is 64.1 Å². The van der Waals surface area contributed by atoms with Crippen LogP contribution in [0.25, 0.3) is 0 Å². The quantitative estimate of drug-likeness (QED) is 0.835. The SMILES string of the molecule is CCOc1ccc(Br)cc1C(O)C(C)(C)c1ccccc1. The highest BCUT2D eigenvalue weighted by Crippen LogP contribution is 2.41. The van der Waals surface area contributed by atoms with Crippen molar-refractivity contribution in [2.45, 2.75) is 32.3 Å². The molecule has 0 aliphatic carbocycles. The van der Waals surface area contributed by atoms with Crippen LogP contribution in [-0.4, -0.2) is 11.7 Å². The Morgan fingerprint density at radius 3 is 2.43 bits per heavy atom. The fraction of sp³-hybridized carbons (Fsp3) is 0.333. The van der Waals surface area contributed by atoms with Crippen LogP contribution in [0.2, 0.25) is 0 Å². The molecule has 3 heteroatoms. The van der Waals surface area contributed by atoms with Gasteiger partial charge in [-0.2, -0.15) is 0 Å². The minimum absolute atomic E-state index is 0.409. The van der Waals surface area contributed by atoms with Crippen LogP contribution in [0.3, 0.4) is 0 Å². The van der Waals surface area contributed by atoms with Gasteiger partial charge in [0.25, 0.3) is 0 Å². The average Bonchev–Trinajstić information content (AvgIpc) is 2.49. The third kappa shape index (κ3) is 3.47. The molecule has 2 aromatic carbocycles. The van der Waals surface area contributed by atoms with E-state index in [1.54, 1.807) is 0 Å². The summed E-state index contributed by atoms with van der Waals surface area (Å²) in [6, 6.07) is 15.8. The summed E-state index contributed by atoms with van der Waals surface area (Å²) in [5, 5.41) is 10.9. The summed E-state index contributed by atoms with van der Waals surface area (Å²) in [7, 11) is 0. The summed E-state index contributed by atoms with van der Waals surface area (Å²) in [4.78, 5) is 0. The first-order valence-electron chi connectivity index (χ1n) is 7.12. The molecule has 2 nitrogen and oxygen atoms in total. The minimum atomic E-state index is -0.654. The Kier molecular flexibility index (Phi) is 5.07. The molecule has 0 bridgehead atoms. The van der Waals surface area contributed by atoms with Gasteiger partial charge in [-0.05, 0) is 30.7 Å². The van der Waals surface area contributed by atoms with Crippen molar-refractivity contribution in [3.63, 3.8) is 0 Å². The second-order valence-electron chi connectivity index (χ2n) is 5.61. The molecular formula is C18H21BrO2. The number of aliphatic hydroxyl groups excluding tert-OH is 1. The molecule has 0 aliphatic heterocycles. The van der Waals surface area contributed by atoms with Gasteiger partial charge in [-0.3, -0.25) is 0 Å². The topological polar surface area (TPSA) is 29.5 Å². The maximum Gasteiger partial charge on any atom is 0.125 e. The van der Waals surface area contributed by atoms with Gasteiger partial charge in [0.2, 0.25) is 0 Å². The number of ether oxygens (including phenoxy) is 1. The van der Waals surface area contributed by atoms with Crippen molar-refractivity contribution < 1.29 is 9.84 Å². The lowest BCUT2D eigenvalue weighted by atomic mass is 9.76. The molecule has 0 radical (unpaired) electrons. The Bertz CT molecular complexity index is 593. The second-order valence-corrected chi connectivity index (χ2v) is 6.52. The Hall–Kier alpha value is -1.32. The van der Waals surface area contributed by atoms with Crippen molar-refractivity contribution in [2.24, 2.45) is 0 Å². The number of rotatable bonds is 5. The Morgan fingerprint density at radius 2 is 1.81 bits per heavy atom.